The number of nitrogens with one attached hydrogen (secondary N) is 1. The zero-order valence-corrected chi connectivity index (χ0v) is 10.5. The predicted octanol–water partition coefficient (Wildman–Crippen LogP) is 1.02. The molecule has 0 spiro atoms. The molecule has 92 valence electrons. The Hall–Kier alpha value is -1.06. The highest BCUT2D eigenvalue weighted by Gasteiger charge is 2.21. The molecule has 0 radical (unpaired) electrons. The number of hydrogen-bond acceptors (Lipinski definition) is 2. The summed E-state index contributed by atoms with van der Waals surface area (Å²) in [4.78, 5) is 24.4. The Kier molecular flexibility index (Phi) is 4.77. The largest absolute Gasteiger partial charge is 0.356 e. The van der Waals surface area contributed by atoms with Gasteiger partial charge >= 0.3 is 0 Å². The highest BCUT2D eigenvalue weighted by molar-refractivity contribution is 5.77. The monoisotopic (exact) mass is 226 g/mol. The summed E-state index contributed by atoms with van der Waals surface area (Å²) >= 11 is 0. The third-order valence-electron chi connectivity index (χ3n) is 3.15. The van der Waals surface area contributed by atoms with E-state index in [9.17, 15) is 9.59 Å². The molecule has 1 aliphatic rings. The van der Waals surface area contributed by atoms with E-state index in [1.165, 1.54) is 0 Å². The topological polar surface area (TPSA) is 49.4 Å². The van der Waals surface area contributed by atoms with Gasteiger partial charge in [0.05, 0.1) is 0 Å². The van der Waals surface area contributed by atoms with Crippen LogP contribution < -0.4 is 5.32 Å². The Labute approximate surface area is 97.4 Å². The van der Waals surface area contributed by atoms with Crippen LogP contribution in [0.2, 0.25) is 0 Å². The van der Waals surface area contributed by atoms with Crippen LogP contribution >= 0.6 is 0 Å². The number of rotatable bonds is 3. The predicted molar refractivity (Wildman–Crippen MR) is 62.8 cm³/mol. The lowest BCUT2D eigenvalue weighted by Gasteiger charge is -2.31. The second kappa shape index (κ2) is 5.87. The summed E-state index contributed by atoms with van der Waals surface area (Å²) in [5.41, 5.74) is 0. The molecule has 0 bridgehead atoms. The summed E-state index contributed by atoms with van der Waals surface area (Å²) < 4.78 is 0. The molecule has 0 aromatic carbocycles. The molecule has 1 aliphatic heterocycles. The quantitative estimate of drug-likeness (QED) is 0.781. The second-order valence-electron chi connectivity index (χ2n) is 4.85. The summed E-state index contributed by atoms with van der Waals surface area (Å²) in [5.74, 6) is 0.856. The lowest BCUT2D eigenvalue weighted by atomic mass is 9.96. The first-order chi connectivity index (χ1) is 7.50. The minimum absolute atomic E-state index is 0.0531. The van der Waals surface area contributed by atoms with Crippen molar-refractivity contribution in [2.45, 2.75) is 33.6 Å². The fourth-order valence-electron chi connectivity index (χ4n) is 1.90. The average molecular weight is 226 g/mol. The van der Waals surface area contributed by atoms with Gasteiger partial charge in [-0.2, -0.15) is 0 Å². The van der Waals surface area contributed by atoms with Crippen LogP contribution in [0.15, 0.2) is 0 Å². The van der Waals surface area contributed by atoms with Gasteiger partial charge in [0.25, 0.3) is 0 Å². The van der Waals surface area contributed by atoms with Crippen molar-refractivity contribution in [2.24, 2.45) is 11.8 Å². The summed E-state index contributed by atoms with van der Waals surface area (Å²) in [7, 11) is 0. The van der Waals surface area contributed by atoms with Gasteiger partial charge in [0.1, 0.15) is 0 Å². The minimum atomic E-state index is 0.0531. The number of hydrogen-bond donors (Lipinski definition) is 1. The third-order valence-corrected chi connectivity index (χ3v) is 3.15. The van der Waals surface area contributed by atoms with Crippen molar-refractivity contribution in [1.29, 1.82) is 0 Å². The van der Waals surface area contributed by atoms with E-state index in [-0.39, 0.29) is 17.7 Å². The Balaban J connectivity index is 2.22. The maximum Gasteiger partial charge on any atom is 0.222 e. The lowest BCUT2D eigenvalue weighted by molar-refractivity contribution is -0.130. The van der Waals surface area contributed by atoms with Crippen molar-refractivity contribution in [1.82, 2.24) is 10.2 Å². The molecule has 4 heteroatoms. The summed E-state index contributed by atoms with van der Waals surface area (Å²) in [6, 6.07) is 0. The normalized spacial score (nSPS) is 17.6. The first-order valence-corrected chi connectivity index (χ1v) is 6.04. The van der Waals surface area contributed by atoms with E-state index in [0.29, 0.717) is 5.92 Å². The molecule has 1 fully saturated rings. The number of carbonyl (C=O) groups excluding carboxylic acids is 2. The summed E-state index contributed by atoms with van der Waals surface area (Å²) in [5, 5.41) is 2.95. The van der Waals surface area contributed by atoms with Crippen LogP contribution in [0.1, 0.15) is 33.6 Å². The van der Waals surface area contributed by atoms with Crippen LogP contribution in [0.5, 0.6) is 0 Å². The van der Waals surface area contributed by atoms with Crippen molar-refractivity contribution in [2.75, 3.05) is 19.6 Å². The molecular formula is C12H22N2O2. The maximum atomic E-state index is 11.4. The van der Waals surface area contributed by atoms with Gasteiger partial charge < -0.3 is 10.2 Å². The maximum absolute atomic E-state index is 11.4. The molecule has 0 saturated carbocycles. The van der Waals surface area contributed by atoms with Gasteiger partial charge in [-0.3, -0.25) is 9.59 Å². The summed E-state index contributed by atoms with van der Waals surface area (Å²) in [6.45, 7) is 7.82. The Morgan fingerprint density at radius 1 is 1.31 bits per heavy atom. The van der Waals surface area contributed by atoms with Crippen LogP contribution in [-0.4, -0.2) is 36.3 Å². The van der Waals surface area contributed by atoms with Crippen LogP contribution in [-0.2, 0) is 9.59 Å². The van der Waals surface area contributed by atoms with E-state index in [4.69, 9.17) is 0 Å². The van der Waals surface area contributed by atoms with Crippen LogP contribution in [0.3, 0.4) is 0 Å². The van der Waals surface area contributed by atoms with Crippen molar-refractivity contribution in [3.8, 4) is 0 Å². The average Bonchev–Trinajstić information content (AvgIpc) is 2.26. The van der Waals surface area contributed by atoms with Gasteiger partial charge in [0, 0.05) is 32.5 Å². The minimum Gasteiger partial charge on any atom is -0.356 e. The number of piperidine rings is 1. The van der Waals surface area contributed by atoms with Gasteiger partial charge in [-0.1, -0.05) is 13.8 Å². The summed E-state index contributed by atoms with van der Waals surface area (Å²) in [6.07, 6.45) is 2.00. The fourth-order valence-corrected chi connectivity index (χ4v) is 1.90. The van der Waals surface area contributed by atoms with Crippen LogP contribution in [0.4, 0.5) is 0 Å². The first kappa shape index (κ1) is 13.0. The van der Waals surface area contributed by atoms with Crippen LogP contribution in [0.25, 0.3) is 0 Å². The van der Waals surface area contributed by atoms with E-state index in [1.54, 1.807) is 6.92 Å². The van der Waals surface area contributed by atoms with Crippen molar-refractivity contribution in [3.05, 3.63) is 0 Å². The van der Waals surface area contributed by atoms with E-state index < -0.39 is 0 Å². The first-order valence-electron chi connectivity index (χ1n) is 6.04. The van der Waals surface area contributed by atoms with E-state index in [2.05, 4.69) is 5.32 Å². The van der Waals surface area contributed by atoms with Crippen molar-refractivity contribution < 1.29 is 9.59 Å². The van der Waals surface area contributed by atoms with Gasteiger partial charge in [-0.25, -0.2) is 0 Å². The highest BCUT2D eigenvalue weighted by Crippen LogP contribution is 2.16. The molecule has 4 nitrogen and oxygen atoms in total. The second-order valence-corrected chi connectivity index (χ2v) is 4.85. The number of carbonyl (C=O) groups is 2. The van der Waals surface area contributed by atoms with E-state index >= 15 is 0 Å². The van der Waals surface area contributed by atoms with E-state index in [1.807, 2.05) is 18.7 Å². The highest BCUT2D eigenvalue weighted by atomic mass is 16.2. The zero-order valence-electron chi connectivity index (χ0n) is 10.5. The molecule has 1 N–H and O–H groups in total. The molecule has 1 rings (SSSR count). The molecular weight excluding hydrogens is 204 g/mol. The molecule has 0 atom stereocenters. The molecule has 0 unspecified atom stereocenters. The van der Waals surface area contributed by atoms with Gasteiger partial charge in [0.15, 0.2) is 0 Å². The molecule has 1 heterocycles. The Morgan fingerprint density at radius 2 is 1.88 bits per heavy atom. The Bertz CT molecular complexity index is 256. The molecule has 1 saturated heterocycles. The van der Waals surface area contributed by atoms with E-state index in [0.717, 1.165) is 32.5 Å². The van der Waals surface area contributed by atoms with Crippen molar-refractivity contribution in [3.63, 3.8) is 0 Å². The fraction of sp³-hybridized carbons (Fsp3) is 0.833. The zero-order chi connectivity index (χ0) is 12.1. The number of nitrogens with zero attached hydrogens (tertiary/aromatic N) is 1. The number of amides is 2. The molecule has 16 heavy (non-hydrogen) atoms. The Morgan fingerprint density at radius 3 is 2.31 bits per heavy atom. The third kappa shape index (κ3) is 3.83. The molecule has 0 aromatic rings. The molecule has 0 aliphatic carbocycles. The number of likely N-dealkylation sites (tertiary alicyclic amines) is 1. The molecule has 2 amide bonds. The standard InChI is InChI=1S/C12H22N2O2/c1-9(2)12(16)13-8-11-4-6-14(7-5-11)10(3)15/h9,11H,4-8H2,1-3H3,(H,13,16). The smallest absolute Gasteiger partial charge is 0.222 e. The van der Waals surface area contributed by atoms with Crippen LogP contribution in [0, 0.1) is 11.8 Å². The molecule has 0 aromatic heterocycles. The van der Waals surface area contributed by atoms with Gasteiger partial charge in [-0.15, -0.1) is 0 Å². The lowest BCUT2D eigenvalue weighted by Crippen LogP contribution is -2.41. The van der Waals surface area contributed by atoms with Gasteiger partial charge in [0.2, 0.25) is 11.8 Å². The SMILES string of the molecule is CC(=O)N1CCC(CNC(=O)C(C)C)CC1. The van der Waals surface area contributed by atoms with Gasteiger partial charge in [-0.05, 0) is 18.8 Å². The van der Waals surface area contributed by atoms with Crippen molar-refractivity contribution >= 4 is 11.8 Å².